The number of hydrogen-bond acceptors (Lipinski definition) is 3. The van der Waals surface area contributed by atoms with Gasteiger partial charge in [-0.15, -0.1) is 13.2 Å². The standard InChI is InChI=1S/C21H22F3N3O/c1-14-19(17-4-2-3-5-18(17)26-14)20(27-12-10-25-11-13-27)15-6-8-16(9-7-15)28-21(22,23)24/h2-9,20,25-26H,10-13H2,1H3/t20-/m0/s1. The molecule has 0 unspecified atom stereocenters. The molecule has 2 aromatic carbocycles. The van der Waals surface area contributed by atoms with Gasteiger partial charge in [0.1, 0.15) is 5.75 Å². The highest BCUT2D eigenvalue weighted by molar-refractivity contribution is 5.85. The fourth-order valence-electron chi connectivity index (χ4n) is 4.00. The summed E-state index contributed by atoms with van der Waals surface area (Å²) < 4.78 is 41.5. The molecule has 7 heteroatoms. The van der Waals surface area contributed by atoms with Crippen LogP contribution in [0, 0.1) is 6.92 Å². The number of H-pyrrole nitrogens is 1. The summed E-state index contributed by atoms with van der Waals surface area (Å²) in [7, 11) is 0. The lowest BCUT2D eigenvalue weighted by atomic mass is 9.94. The van der Waals surface area contributed by atoms with Crippen LogP contribution < -0.4 is 10.1 Å². The van der Waals surface area contributed by atoms with Crippen LogP contribution in [-0.2, 0) is 0 Å². The molecule has 0 aliphatic carbocycles. The summed E-state index contributed by atoms with van der Waals surface area (Å²) >= 11 is 0. The topological polar surface area (TPSA) is 40.3 Å². The van der Waals surface area contributed by atoms with Crippen molar-refractivity contribution < 1.29 is 17.9 Å². The van der Waals surface area contributed by atoms with E-state index < -0.39 is 6.36 Å². The SMILES string of the molecule is Cc1[nH]c2ccccc2c1[C@H](c1ccc(OC(F)(F)F)cc1)N1CCNCC1. The van der Waals surface area contributed by atoms with Gasteiger partial charge in [-0.25, -0.2) is 0 Å². The molecule has 1 fully saturated rings. The molecular weight excluding hydrogens is 367 g/mol. The molecule has 0 bridgehead atoms. The van der Waals surface area contributed by atoms with Gasteiger partial charge in [0, 0.05) is 48.3 Å². The van der Waals surface area contributed by atoms with Crippen molar-refractivity contribution in [2.45, 2.75) is 19.3 Å². The van der Waals surface area contributed by atoms with E-state index in [0.29, 0.717) is 0 Å². The minimum atomic E-state index is -4.69. The van der Waals surface area contributed by atoms with Gasteiger partial charge in [0.15, 0.2) is 0 Å². The van der Waals surface area contributed by atoms with Crippen molar-refractivity contribution in [2.75, 3.05) is 26.2 Å². The molecule has 1 aliphatic rings. The zero-order chi connectivity index (χ0) is 19.7. The van der Waals surface area contributed by atoms with E-state index in [1.807, 2.05) is 25.1 Å². The van der Waals surface area contributed by atoms with E-state index in [9.17, 15) is 13.2 Å². The number of nitrogens with zero attached hydrogens (tertiary/aromatic N) is 1. The monoisotopic (exact) mass is 389 g/mol. The molecule has 3 aromatic rings. The number of benzene rings is 2. The number of aromatic amines is 1. The van der Waals surface area contributed by atoms with Crippen molar-refractivity contribution in [3.63, 3.8) is 0 Å². The van der Waals surface area contributed by atoms with Crippen LogP contribution in [0.1, 0.15) is 22.9 Å². The predicted molar refractivity (Wildman–Crippen MR) is 102 cm³/mol. The van der Waals surface area contributed by atoms with Crippen molar-refractivity contribution in [3.8, 4) is 5.75 Å². The zero-order valence-corrected chi connectivity index (χ0v) is 15.5. The number of para-hydroxylation sites is 1. The van der Waals surface area contributed by atoms with E-state index in [0.717, 1.165) is 48.3 Å². The first kappa shape index (κ1) is 18.8. The van der Waals surface area contributed by atoms with Crippen molar-refractivity contribution >= 4 is 10.9 Å². The Kier molecular flexibility index (Phi) is 5.03. The Bertz CT molecular complexity index is 944. The van der Waals surface area contributed by atoms with Crippen LogP contribution in [-0.4, -0.2) is 42.4 Å². The summed E-state index contributed by atoms with van der Waals surface area (Å²) in [5.41, 5.74) is 4.25. The second kappa shape index (κ2) is 7.48. The molecule has 1 atom stereocenters. The van der Waals surface area contributed by atoms with E-state index in [1.165, 1.54) is 17.7 Å². The van der Waals surface area contributed by atoms with Crippen molar-refractivity contribution in [1.82, 2.24) is 15.2 Å². The molecule has 4 nitrogen and oxygen atoms in total. The van der Waals surface area contributed by atoms with Gasteiger partial charge in [0.2, 0.25) is 0 Å². The van der Waals surface area contributed by atoms with Crippen LogP contribution in [0.3, 0.4) is 0 Å². The van der Waals surface area contributed by atoms with Gasteiger partial charge in [-0.05, 0) is 30.7 Å². The fourth-order valence-corrected chi connectivity index (χ4v) is 4.00. The lowest BCUT2D eigenvalue weighted by molar-refractivity contribution is -0.274. The Morgan fingerprint density at radius 2 is 1.68 bits per heavy atom. The van der Waals surface area contributed by atoms with Gasteiger partial charge in [-0.1, -0.05) is 30.3 Å². The number of rotatable bonds is 4. The van der Waals surface area contributed by atoms with E-state index >= 15 is 0 Å². The summed E-state index contributed by atoms with van der Waals surface area (Å²) in [6, 6.07) is 14.3. The Morgan fingerprint density at radius 3 is 2.36 bits per heavy atom. The van der Waals surface area contributed by atoms with Crippen LogP contribution in [0.5, 0.6) is 5.75 Å². The Balaban J connectivity index is 1.77. The molecule has 28 heavy (non-hydrogen) atoms. The third kappa shape index (κ3) is 3.86. The average molecular weight is 389 g/mol. The highest BCUT2D eigenvalue weighted by Gasteiger charge is 2.32. The summed E-state index contributed by atoms with van der Waals surface area (Å²) in [4.78, 5) is 5.82. The average Bonchev–Trinajstić information content (AvgIpc) is 2.99. The largest absolute Gasteiger partial charge is 0.573 e. The lowest BCUT2D eigenvalue weighted by Crippen LogP contribution is -2.45. The highest BCUT2D eigenvalue weighted by atomic mass is 19.4. The van der Waals surface area contributed by atoms with E-state index in [1.54, 1.807) is 12.1 Å². The number of aromatic nitrogens is 1. The normalized spacial score (nSPS) is 17.0. The van der Waals surface area contributed by atoms with Crippen LogP contribution in [0.2, 0.25) is 0 Å². The number of piperazine rings is 1. The Labute approximate surface area is 161 Å². The molecule has 0 saturated carbocycles. The molecule has 148 valence electrons. The quantitative estimate of drug-likeness (QED) is 0.696. The van der Waals surface area contributed by atoms with E-state index in [-0.39, 0.29) is 11.8 Å². The Hall–Kier alpha value is -2.51. The molecule has 0 radical (unpaired) electrons. The van der Waals surface area contributed by atoms with Crippen molar-refractivity contribution in [1.29, 1.82) is 0 Å². The van der Waals surface area contributed by atoms with Gasteiger partial charge < -0.3 is 15.0 Å². The maximum Gasteiger partial charge on any atom is 0.573 e. The highest BCUT2D eigenvalue weighted by Crippen LogP contribution is 2.37. The van der Waals surface area contributed by atoms with E-state index in [2.05, 4.69) is 26.0 Å². The zero-order valence-electron chi connectivity index (χ0n) is 15.5. The second-order valence-electron chi connectivity index (χ2n) is 7.01. The summed E-state index contributed by atoms with van der Waals surface area (Å²) in [6.07, 6.45) is -4.69. The van der Waals surface area contributed by atoms with Gasteiger partial charge in [0.25, 0.3) is 0 Å². The van der Waals surface area contributed by atoms with Crippen LogP contribution in [0.4, 0.5) is 13.2 Å². The van der Waals surface area contributed by atoms with Gasteiger partial charge >= 0.3 is 6.36 Å². The predicted octanol–water partition coefficient (Wildman–Crippen LogP) is 4.37. The minimum Gasteiger partial charge on any atom is -0.406 e. The number of fused-ring (bicyclic) bond motifs is 1. The maximum absolute atomic E-state index is 12.5. The summed E-state index contributed by atoms with van der Waals surface area (Å²) in [6.45, 7) is 5.54. The van der Waals surface area contributed by atoms with Gasteiger partial charge in [0.05, 0.1) is 6.04 Å². The van der Waals surface area contributed by atoms with E-state index in [4.69, 9.17) is 0 Å². The number of alkyl halides is 3. The molecule has 1 aliphatic heterocycles. The first-order valence-electron chi connectivity index (χ1n) is 9.30. The molecular formula is C21H22F3N3O. The fraction of sp³-hybridized carbons (Fsp3) is 0.333. The number of hydrogen-bond donors (Lipinski definition) is 2. The second-order valence-corrected chi connectivity index (χ2v) is 7.01. The smallest absolute Gasteiger partial charge is 0.406 e. The Morgan fingerprint density at radius 1 is 1.00 bits per heavy atom. The third-order valence-corrected chi connectivity index (χ3v) is 5.16. The number of nitrogens with one attached hydrogen (secondary N) is 2. The molecule has 4 rings (SSSR count). The van der Waals surface area contributed by atoms with Crippen molar-refractivity contribution in [3.05, 3.63) is 65.4 Å². The number of aryl methyl sites for hydroxylation is 1. The lowest BCUT2D eigenvalue weighted by Gasteiger charge is -2.36. The molecule has 0 amide bonds. The minimum absolute atomic E-state index is 0.0433. The van der Waals surface area contributed by atoms with Crippen LogP contribution in [0.25, 0.3) is 10.9 Å². The third-order valence-electron chi connectivity index (χ3n) is 5.16. The first-order valence-corrected chi connectivity index (χ1v) is 9.30. The summed E-state index contributed by atoms with van der Waals surface area (Å²) in [5, 5.41) is 4.50. The van der Waals surface area contributed by atoms with Gasteiger partial charge in [-0.2, -0.15) is 0 Å². The molecule has 2 N–H and O–H groups in total. The van der Waals surface area contributed by atoms with Gasteiger partial charge in [-0.3, -0.25) is 4.90 Å². The molecule has 1 aromatic heterocycles. The molecule has 1 saturated heterocycles. The first-order chi connectivity index (χ1) is 13.4. The number of ether oxygens (including phenoxy) is 1. The molecule has 2 heterocycles. The molecule has 0 spiro atoms. The summed E-state index contributed by atoms with van der Waals surface area (Å²) in [5.74, 6) is -0.203. The van der Waals surface area contributed by atoms with Crippen molar-refractivity contribution in [2.24, 2.45) is 0 Å². The number of halogens is 3. The van der Waals surface area contributed by atoms with Crippen LogP contribution >= 0.6 is 0 Å². The van der Waals surface area contributed by atoms with Crippen LogP contribution in [0.15, 0.2) is 48.5 Å². The maximum atomic E-state index is 12.5.